The molecule has 0 bridgehead atoms. The highest BCUT2D eigenvalue weighted by molar-refractivity contribution is 7.90. The summed E-state index contributed by atoms with van der Waals surface area (Å²) in [4.78, 5) is 26.6. The van der Waals surface area contributed by atoms with Gasteiger partial charge >= 0.3 is 0 Å². The van der Waals surface area contributed by atoms with E-state index in [1.54, 1.807) is 35.0 Å². The molecule has 0 spiro atoms. The number of benzene rings is 1. The van der Waals surface area contributed by atoms with Crippen molar-refractivity contribution in [2.45, 2.75) is 18.7 Å². The number of carbonyl (C=O) groups excluding carboxylic acids is 2. The van der Waals surface area contributed by atoms with Gasteiger partial charge in [0.25, 0.3) is 5.91 Å². The number of hydrogen-bond acceptors (Lipinski definition) is 7. The SMILES string of the molecule is COc1c(C(=O)c2cnn(C)c2OCC(=O)N(C)C)cc(C)c(S(C)(=O)=O)c1C. The minimum atomic E-state index is -3.51. The Morgan fingerprint density at radius 2 is 1.83 bits per heavy atom. The Morgan fingerprint density at radius 3 is 2.34 bits per heavy atom. The Hall–Kier alpha value is -2.88. The van der Waals surface area contributed by atoms with E-state index in [4.69, 9.17) is 9.47 Å². The summed E-state index contributed by atoms with van der Waals surface area (Å²) in [6, 6.07) is 1.48. The lowest BCUT2D eigenvalue weighted by Crippen LogP contribution is -2.28. The second-order valence-corrected chi connectivity index (χ2v) is 8.85. The van der Waals surface area contributed by atoms with Crippen molar-refractivity contribution in [1.29, 1.82) is 0 Å². The maximum Gasteiger partial charge on any atom is 0.260 e. The summed E-state index contributed by atoms with van der Waals surface area (Å²) in [5.74, 6) is -0.421. The molecule has 0 aliphatic heterocycles. The largest absolute Gasteiger partial charge is 0.496 e. The van der Waals surface area contributed by atoms with Gasteiger partial charge in [0.15, 0.2) is 16.4 Å². The summed E-state index contributed by atoms with van der Waals surface area (Å²) in [6.07, 6.45) is 2.45. The highest BCUT2D eigenvalue weighted by Crippen LogP contribution is 2.35. The van der Waals surface area contributed by atoms with Gasteiger partial charge in [0, 0.05) is 33.0 Å². The van der Waals surface area contributed by atoms with E-state index in [0.717, 1.165) is 6.26 Å². The second-order valence-electron chi connectivity index (χ2n) is 6.89. The lowest BCUT2D eigenvalue weighted by atomic mass is 9.99. The molecule has 1 aromatic carbocycles. The summed E-state index contributed by atoms with van der Waals surface area (Å²) in [7, 11) is 2.65. The summed E-state index contributed by atoms with van der Waals surface area (Å²) < 4.78 is 36.6. The van der Waals surface area contributed by atoms with Crippen LogP contribution in [0.25, 0.3) is 0 Å². The van der Waals surface area contributed by atoms with Gasteiger partial charge in [-0.1, -0.05) is 0 Å². The number of ketones is 1. The lowest BCUT2D eigenvalue weighted by molar-refractivity contribution is -0.130. The molecule has 2 rings (SSSR count). The van der Waals surface area contributed by atoms with E-state index in [1.807, 2.05) is 0 Å². The maximum absolute atomic E-state index is 13.2. The number of aromatic nitrogens is 2. The number of aryl methyl sites for hydroxylation is 2. The predicted octanol–water partition coefficient (Wildman–Crippen LogP) is 1.15. The average molecular weight is 423 g/mol. The second kappa shape index (κ2) is 8.24. The number of rotatable bonds is 7. The third-order valence-electron chi connectivity index (χ3n) is 4.42. The fraction of sp³-hybridized carbons (Fsp3) is 0.421. The first-order valence-electron chi connectivity index (χ1n) is 8.68. The monoisotopic (exact) mass is 423 g/mol. The van der Waals surface area contributed by atoms with Gasteiger partial charge in [-0.05, 0) is 25.5 Å². The molecule has 158 valence electrons. The minimum Gasteiger partial charge on any atom is -0.496 e. The summed E-state index contributed by atoms with van der Waals surface area (Å²) in [6.45, 7) is 2.96. The van der Waals surface area contributed by atoms with Gasteiger partial charge in [-0.3, -0.25) is 9.59 Å². The molecule has 0 radical (unpaired) electrons. The lowest BCUT2D eigenvalue weighted by Gasteiger charge is -2.17. The van der Waals surface area contributed by atoms with Gasteiger partial charge in [0.1, 0.15) is 11.3 Å². The molecule has 0 fully saturated rings. The number of methoxy groups -OCH3 is 1. The van der Waals surface area contributed by atoms with Crippen LogP contribution in [0.3, 0.4) is 0 Å². The average Bonchev–Trinajstić information content (AvgIpc) is 2.97. The molecule has 1 heterocycles. The number of sulfone groups is 1. The van der Waals surface area contributed by atoms with E-state index in [9.17, 15) is 18.0 Å². The van der Waals surface area contributed by atoms with Crippen LogP contribution in [0.15, 0.2) is 17.2 Å². The van der Waals surface area contributed by atoms with Crippen LogP contribution in [-0.4, -0.2) is 68.9 Å². The van der Waals surface area contributed by atoms with Crippen molar-refractivity contribution in [2.75, 3.05) is 34.1 Å². The van der Waals surface area contributed by atoms with Crippen LogP contribution >= 0.6 is 0 Å². The first-order valence-corrected chi connectivity index (χ1v) is 10.6. The van der Waals surface area contributed by atoms with Crippen molar-refractivity contribution in [3.05, 3.63) is 34.5 Å². The normalized spacial score (nSPS) is 11.3. The fourth-order valence-corrected chi connectivity index (χ4v) is 4.40. The summed E-state index contributed by atoms with van der Waals surface area (Å²) >= 11 is 0. The summed E-state index contributed by atoms with van der Waals surface area (Å²) in [5, 5.41) is 4.05. The molecule has 0 aliphatic rings. The number of carbonyl (C=O) groups is 2. The zero-order valence-corrected chi connectivity index (χ0v) is 18.4. The smallest absolute Gasteiger partial charge is 0.260 e. The Morgan fingerprint density at radius 1 is 1.21 bits per heavy atom. The van der Waals surface area contributed by atoms with Crippen LogP contribution in [0, 0.1) is 13.8 Å². The predicted molar refractivity (Wildman–Crippen MR) is 106 cm³/mol. The topological polar surface area (TPSA) is 108 Å². The zero-order chi connectivity index (χ0) is 22.1. The van der Waals surface area contributed by atoms with Crippen molar-refractivity contribution >= 4 is 21.5 Å². The Labute approximate surface area is 170 Å². The third kappa shape index (κ3) is 4.42. The molecule has 29 heavy (non-hydrogen) atoms. The third-order valence-corrected chi connectivity index (χ3v) is 5.79. The number of amides is 1. The van der Waals surface area contributed by atoms with E-state index in [2.05, 4.69) is 5.10 Å². The fourth-order valence-electron chi connectivity index (χ4n) is 3.11. The van der Waals surface area contributed by atoms with E-state index >= 15 is 0 Å². The minimum absolute atomic E-state index is 0.130. The van der Waals surface area contributed by atoms with Gasteiger partial charge in [0.05, 0.1) is 23.8 Å². The van der Waals surface area contributed by atoms with Crippen LogP contribution in [0.2, 0.25) is 0 Å². The van der Waals surface area contributed by atoms with E-state index in [1.165, 1.54) is 29.0 Å². The van der Waals surface area contributed by atoms with Crippen LogP contribution in [0.5, 0.6) is 11.6 Å². The standard InChI is InChI=1S/C19H25N3O6S/c1-11-8-13(17(27-6)12(2)18(11)29(7,25)26)16(24)14-9-20-22(5)19(14)28-10-15(23)21(3)4/h8-9H,10H2,1-7H3. The number of ether oxygens (including phenoxy) is 2. The van der Waals surface area contributed by atoms with Crippen molar-refractivity contribution in [2.24, 2.45) is 7.05 Å². The molecule has 10 heteroatoms. The quantitative estimate of drug-likeness (QED) is 0.615. The molecule has 0 saturated heterocycles. The molecule has 1 amide bonds. The van der Waals surface area contributed by atoms with E-state index < -0.39 is 15.6 Å². The van der Waals surface area contributed by atoms with Crippen LogP contribution < -0.4 is 9.47 Å². The number of likely N-dealkylation sites (N-methyl/N-ethyl adjacent to an activating group) is 1. The highest BCUT2D eigenvalue weighted by atomic mass is 32.2. The first-order chi connectivity index (χ1) is 13.4. The molecule has 0 N–H and O–H groups in total. The van der Waals surface area contributed by atoms with Crippen molar-refractivity contribution in [1.82, 2.24) is 14.7 Å². The van der Waals surface area contributed by atoms with E-state index in [0.29, 0.717) is 11.1 Å². The molecule has 0 saturated carbocycles. The molecular weight excluding hydrogens is 398 g/mol. The maximum atomic E-state index is 13.2. The molecule has 9 nitrogen and oxygen atoms in total. The number of nitrogens with zero attached hydrogens (tertiary/aromatic N) is 3. The van der Waals surface area contributed by atoms with Gasteiger partial charge < -0.3 is 14.4 Å². The van der Waals surface area contributed by atoms with Crippen LogP contribution in [0.4, 0.5) is 0 Å². The van der Waals surface area contributed by atoms with Crippen molar-refractivity contribution in [3.8, 4) is 11.6 Å². The highest BCUT2D eigenvalue weighted by Gasteiger charge is 2.27. The van der Waals surface area contributed by atoms with E-state index in [-0.39, 0.29) is 40.2 Å². The molecule has 0 atom stereocenters. The summed E-state index contributed by atoms with van der Waals surface area (Å²) in [5.41, 5.74) is 1.12. The van der Waals surface area contributed by atoms with Crippen molar-refractivity contribution in [3.63, 3.8) is 0 Å². The van der Waals surface area contributed by atoms with Crippen molar-refractivity contribution < 1.29 is 27.5 Å². The van der Waals surface area contributed by atoms with Crippen LogP contribution in [0.1, 0.15) is 27.0 Å². The Bertz CT molecular complexity index is 1070. The number of hydrogen-bond donors (Lipinski definition) is 0. The Balaban J connectivity index is 2.55. The van der Waals surface area contributed by atoms with Gasteiger partial charge in [0.2, 0.25) is 11.7 Å². The molecule has 1 aromatic heterocycles. The molecule has 0 aliphatic carbocycles. The van der Waals surface area contributed by atoms with Gasteiger partial charge in [-0.15, -0.1) is 0 Å². The Kier molecular flexibility index (Phi) is 6.37. The molecular formula is C19H25N3O6S. The molecule has 2 aromatic rings. The van der Waals surface area contributed by atoms with Gasteiger partial charge in [-0.2, -0.15) is 5.10 Å². The van der Waals surface area contributed by atoms with Crippen LogP contribution in [-0.2, 0) is 21.7 Å². The van der Waals surface area contributed by atoms with Gasteiger partial charge in [-0.25, -0.2) is 13.1 Å². The first kappa shape index (κ1) is 22.4. The molecule has 0 unspecified atom stereocenters. The zero-order valence-electron chi connectivity index (χ0n) is 17.6.